The molecule has 0 saturated heterocycles. The molecule has 0 aliphatic rings. The Hall–Kier alpha value is -0.830. The molecule has 0 amide bonds. The minimum atomic E-state index is -1.07. The molecule has 0 radical (unpaired) electrons. The topological polar surface area (TPSA) is 63.3 Å². The lowest BCUT2D eigenvalue weighted by atomic mass is 9.96. The van der Waals surface area contributed by atoms with Gasteiger partial charge in [0.1, 0.15) is 5.54 Å². The molecule has 1 atom stereocenters. The molecule has 0 spiro atoms. The van der Waals surface area contributed by atoms with E-state index in [-0.39, 0.29) is 0 Å². The summed E-state index contributed by atoms with van der Waals surface area (Å²) in [7, 11) is 0. The lowest BCUT2D eigenvalue weighted by Crippen LogP contribution is -2.44. The molecular weight excluding hydrogens is 178 g/mol. The predicted molar refractivity (Wildman–Crippen MR) is 58.1 cm³/mol. The SMILES string of the molecule is CCC/C=C\CCC[C@](C)(N)C(=O)O. The van der Waals surface area contributed by atoms with E-state index >= 15 is 0 Å². The number of nitrogens with two attached hydrogens (primary N) is 1. The molecule has 0 unspecified atom stereocenters. The molecule has 0 aromatic rings. The zero-order valence-electron chi connectivity index (χ0n) is 9.12. The van der Waals surface area contributed by atoms with Crippen molar-refractivity contribution in [2.75, 3.05) is 0 Å². The van der Waals surface area contributed by atoms with E-state index in [1.807, 2.05) is 0 Å². The van der Waals surface area contributed by atoms with Crippen LogP contribution >= 0.6 is 0 Å². The van der Waals surface area contributed by atoms with Gasteiger partial charge in [-0.1, -0.05) is 25.5 Å². The summed E-state index contributed by atoms with van der Waals surface area (Å²) in [6, 6.07) is 0. The van der Waals surface area contributed by atoms with E-state index in [1.165, 1.54) is 0 Å². The Morgan fingerprint density at radius 2 is 2.00 bits per heavy atom. The van der Waals surface area contributed by atoms with Crippen LogP contribution in [0.4, 0.5) is 0 Å². The summed E-state index contributed by atoms with van der Waals surface area (Å²) >= 11 is 0. The van der Waals surface area contributed by atoms with Crippen molar-refractivity contribution in [2.45, 2.75) is 51.5 Å². The van der Waals surface area contributed by atoms with Crippen molar-refractivity contribution < 1.29 is 9.90 Å². The van der Waals surface area contributed by atoms with Crippen molar-refractivity contribution in [2.24, 2.45) is 5.73 Å². The number of aliphatic carboxylic acids is 1. The van der Waals surface area contributed by atoms with Crippen LogP contribution in [0.15, 0.2) is 12.2 Å². The van der Waals surface area contributed by atoms with E-state index in [1.54, 1.807) is 6.92 Å². The Kier molecular flexibility index (Phi) is 6.21. The fourth-order valence-electron chi connectivity index (χ4n) is 1.10. The van der Waals surface area contributed by atoms with E-state index in [9.17, 15) is 4.79 Å². The minimum Gasteiger partial charge on any atom is -0.480 e. The van der Waals surface area contributed by atoms with Gasteiger partial charge >= 0.3 is 5.97 Å². The van der Waals surface area contributed by atoms with E-state index in [2.05, 4.69) is 19.1 Å². The highest BCUT2D eigenvalue weighted by Crippen LogP contribution is 2.11. The molecule has 0 fully saturated rings. The van der Waals surface area contributed by atoms with Gasteiger partial charge in [-0.25, -0.2) is 0 Å². The third-order valence-electron chi connectivity index (χ3n) is 2.18. The van der Waals surface area contributed by atoms with Gasteiger partial charge in [-0.05, 0) is 32.6 Å². The maximum absolute atomic E-state index is 10.6. The number of hydrogen-bond acceptors (Lipinski definition) is 2. The highest BCUT2D eigenvalue weighted by atomic mass is 16.4. The number of rotatable bonds is 7. The summed E-state index contributed by atoms with van der Waals surface area (Å²) in [6.45, 7) is 3.69. The van der Waals surface area contributed by atoms with Gasteiger partial charge in [-0.2, -0.15) is 0 Å². The first kappa shape index (κ1) is 13.2. The van der Waals surface area contributed by atoms with Gasteiger partial charge in [0.05, 0.1) is 0 Å². The Morgan fingerprint density at radius 3 is 2.50 bits per heavy atom. The van der Waals surface area contributed by atoms with E-state index < -0.39 is 11.5 Å². The van der Waals surface area contributed by atoms with Crippen molar-refractivity contribution in [3.05, 3.63) is 12.2 Å². The molecule has 0 saturated carbocycles. The Balaban J connectivity index is 3.59. The van der Waals surface area contributed by atoms with Gasteiger partial charge in [0.2, 0.25) is 0 Å². The van der Waals surface area contributed by atoms with Crippen molar-refractivity contribution >= 4 is 5.97 Å². The molecule has 82 valence electrons. The molecule has 3 nitrogen and oxygen atoms in total. The molecule has 0 heterocycles. The number of hydrogen-bond donors (Lipinski definition) is 2. The Labute approximate surface area is 86.0 Å². The van der Waals surface area contributed by atoms with Gasteiger partial charge in [0, 0.05) is 0 Å². The molecule has 0 aliphatic carbocycles. The molecule has 0 rings (SSSR count). The number of allylic oxidation sites excluding steroid dienone is 2. The van der Waals surface area contributed by atoms with Crippen molar-refractivity contribution in [1.29, 1.82) is 0 Å². The van der Waals surface area contributed by atoms with Crippen LogP contribution in [-0.4, -0.2) is 16.6 Å². The standard InChI is InChI=1S/C11H21NO2/c1-3-4-5-6-7-8-9-11(2,12)10(13)14/h5-6H,3-4,7-9,12H2,1-2H3,(H,13,14)/b6-5-/t11-/m0/s1. The van der Waals surface area contributed by atoms with Crippen LogP contribution in [-0.2, 0) is 4.79 Å². The average Bonchev–Trinajstić information content (AvgIpc) is 2.10. The average molecular weight is 199 g/mol. The van der Waals surface area contributed by atoms with Gasteiger partial charge < -0.3 is 10.8 Å². The first-order valence-corrected chi connectivity index (χ1v) is 5.18. The normalized spacial score (nSPS) is 15.6. The van der Waals surface area contributed by atoms with Crippen LogP contribution in [0.5, 0.6) is 0 Å². The third-order valence-corrected chi connectivity index (χ3v) is 2.18. The summed E-state index contributed by atoms with van der Waals surface area (Å²) in [5.74, 6) is -0.921. The molecule has 3 heteroatoms. The highest BCUT2D eigenvalue weighted by molar-refractivity contribution is 5.77. The zero-order valence-corrected chi connectivity index (χ0v) is 9.12. The van der Waals surface area contributed by atoms with Gasteiger partial charge in [-0.15, -0.1) is 0 Å². The monoisotopic (exact) mass is 199 g/mol. The van der Waals surface area contributed by atoms with Crippen LogP contribution in [0.1, 0.15) is 46.0 Å². The number of unbranched alkanes of at least 4 members (excludes halogenated alkanes) is 2. The molecule has 0 aromatic heterocycles. The van der Waals surface area contributed by atoms with Crippen LogP contribution in [0.3, 0.4) is 0 Å². The van der Waals surface area contributed by atoms with E-state index in [0.717, 1.165) is 25.7 Å². The van der Waals surface area contributed by atoms with Crippen LogP contribution in [0.2, 0.25) is 0 Å². The second-order valence-corrected chi connectivity index (χ2v) is 3.87. The number of carbonyl (C=O) groups is 1. The van der Waals surface area contributed by atoms with Crippen molar-refractivity contribution in [3.63, 3.8) is 0 Å². The molecule has 0 bridgehead atoms. The van der Waals surface area contributed by atoms with Crippen LogP contribution < -0.4 is 5.73 Å². The largest absolute Gasteiger partial charge is 0.480 e. The second-order valence-electron chi connectivity index (χ2n) is 3.87. The molecule has 0 aromatic carbocycles. The molecular formula is C11H21NO2. The van der Waals surface area contributed by atoms with Crippen molar-refractivity contribution in [1.82, 2.24) is 0 Å². The first-order valence-electron chi connectivity index (χ1n) is 5.18. The van der Waals surface area contributed by atoms with Crippen LogP contribution in [0.25, 0.3) is 0 Å². The van der Waals surface area contributed by atoms with Crippen molar-refractivity contribution in [3.8, 4) is 0 Å². The molecule has 3 N–H and O–H groups in total. The first-order chi connectivity index (χ1) is 6.50. The lowest BCUT2D eigenvalue weighted by molar-refractivity contribution is -0.142. The summed E-state index contributed by atoms with van der Waals surface area (Å²) in [6.07, 6.45) is 8.76. The van der Waals surface area contributed by atoms with Crippen LogP contribution in [0, 0.1) is 0 Å². The van der Waals surface area contributed by atoms with Gasteiger partial charge in [0.25, 0.3) is 0 Å². The Bertz CT molecular complexity index is 197. The van der Waals surface area contributed by atoms with Gasteiger partial charge in [-0.3, -0.25) is 4.79 Å². The Morgan fingerprint density at radius 1 is 1.43 bits per heavy atom. The zero-order chi connectivity index (χ0) is 11.0. The fraction of sp³-hybridized carbons (Fsp3) is 0.727. The summed E-state index contributed by atoms with van der Waals surface area (Å²) in [5, 5.41) is 8.74. The fourth-order valence-corrected chi connectivity index (χ4v) is 1.10. The van der Waals surface area contributed by atoms with E-state index in [4.69, 9.17) is 10.8 Å². The summed E-state index contributed by atoms with van der Waals surface area (Å²) in [4.78, 5) is 10.6. The van der Waals surface area contributed by atoms with E-state index in [0.29, 0.717) is 6.42 Å². The maximum Gasteiger partial charge on any atom is 0.323 e. The number of carboxylic acid groups (broad SMARTS) is 1. The maximum atomic E-state index is 10.6. The summed E-state index contributed by atoms with van der Waals surface area (Å²) in [5.41, 5.74) is 4.51. The minimum absolute atomic E-state index is 0.527. The lowest BCUT2D eigenvalue weighted by Gasteiger charge is -2.17. The van der Waals surface area contributed by atoms with Gasteiger partial charge in [0.15, 0.2) is 0 Å². The smallest absolute Gasteiger partial charge is 0.323 e. The highest BCUT2D eigenvalue weighted by Gasteiger charge is 2.26. The number of carboxylic acids is 1. The third kappa shape index (κ3) is 5.75. The summed E-state index contributed by atoms with van der Waals surface area (Å²) < 4.78 is 0. The molecule has 14 heavy (non-hydrogen) atoms. The molecule has 0 aliphatic heterocycles. The second kappa shape index (κ2) is 6.60. The predicted octanol–water partition coefficient (Wildman–Crippen LogP) is 2.31. The quantitative estimate of drug-likeness (QED) is 0.488.